The summed E-state index contributed by atoms with van der Waals surface area (Å²) in [5.41, 5.74) is 3.99. The molecule has 5 aliphatic heterocycles. The SMILES string of the molecule is CC(C)(CO)CO.CC1(C)COB(c2ccc(S(=O)(=O)N3CCOCC3)cc2CBr)OC1.Cc1cc(S(=O)(=O)N2CCOCC2)ccc1B(O)O.Cc1cc(S(=O)(=O)N2CCOCC2)ccc1B1OCC(C)(C)CO1. The average Bonchev–Trinajstić information content (AvgIpc) is 3.39. The molecule has 5 aliphatic rings. The molecule has 0 saturated carbocycles. The fraction of sp³-hybridized carbons (Fsp3) is 0.625. The minimum atomic E-state index is -3.54. The number of benzene rings is 3. The van der Waals surface area contributed by atoms with Crippen LogP contribution < -0.4 is 16.4 Å². The summed E-state index contributed by atoms with van der Waals surface area (Å²) in [6.07, 6.45) is 0. The minimum Gasteiger partial charge on any atom is -0.423 e. The zero-order valence-electron chi connectivity index (χ0n) is 44.4. The second-order valence-corrected chi connectivity index (χ2v) is 27.5. The molecule has 0 aliphatic carbocycles. The van der Waals surface area contributed by atoms with E-state index in [0.29, 0.717) is 131 Å². The summed E-state index contributed by atoms with van der Waals surface area (Å²) in [5.74, 6) is 0. The molecule has 5 saturated heterocycles. The lowest BCUT2D eigenvalue weighted by Gasteiger charge is -2.33. The number of rotatable bonds is 12. The molecular weight excluding hydrogens is 1100 g/mol. The number of hydrogen-bond donors (Lipinski definition) is 4. The van der Waals surface area contributed by atoms with E-state index in [1.165, 1.54) is 31.1 Å². The Bertz CT molecular complexity index is 2650. The van der Waals surface area contributed by atoms with Crippen LogP contribution in [0.5, 0.6) is 0 Å². The van der Waals surface area contributed by atoms with Crippen molar-refractivity contribution in [3.05, 3.63) is 71.3 Å². The Kier molecular flexibility index (Phi) is 23.4. The molecule has 0 amide bonds. The van der Waals surface area contributed by atoms with Gasteiger partial charge in [0, 0.05) is 87.3 Å². The summed E-state index contributed by atoms with van der Waals surface area (Å²) >= 11 is 3.45. The average molecular weight is 1170 g/mol. The van der Waals surface area contributed by atoms with Gasteiger partial charge >= 0.3 is 21.4 Å². The molecule has 0 atom stereocenters. The van der Waals surface area contributed by atoms with Crippen LogP contribution in [-0.4, -0.2) is 198 Å². The van der Waals surface area contributed by atoms with Gasteiger partial charge in [0.25, 0.3) is 0 Å². The number of halogens is 1. The van der Waals surface area contributed by atoms with E-state index in [2.05, 4.69) is 43.6 Å². The highest BCUT2D eigenvalue weighted by Crippen LogP contribution is 2.26. The molecule has 3 aromatic rings. The highest BCUT2D eigenvalue weighted by Gasteiger charge is 2.37. The molecule has 75 heavy (non-hydrogen) atoms. The summed E-state index contributed by atoms with van der Waals surface area (Å²) in [7, 11) is -13.0. The molecule has 3 aromatic carbocycles. The summed E-state index contributed by atoms with van der Waals surface area (Å²) < 4.78 is 119. The molecule has 418 valence electrons. The van der Waals surface area contributed by atoms with Gasteiger partial charge in [0.2, 0.25) is 30.1 Å². The summed E-state index contributed by atoms with van der Waals surface area (Å²) in [5, 5.41) is 35.6. The third-order valence-corrected chi connectivity index (χ3v) is 19.0. The van der Waals surface area contributed by atoms with E-state index < -0.39 is 51.4 Å². The van der Waals surface area contributed by atoms with Gasteiger partial charge in [0.15, 0.2) is 0 Å². The normalized spacial score (nSPS) is 20.1. The monoisotopic (exact) mass is 1170 g/mol. The maximum absolute atomic E-state index is 12.8. The second kappa shape index (κ2) is 27.7. The van der Waals surface area contributed by atoms with Crippen LogP contribution in [0, 0.1) is 30.1 Å². The van der Waals surface area contributed by atoms with Crippen molar-refractivity contribution >= 4 is 83.7 Å². The van der Waals surface area contributed by atoms with E-state index in [0.717, 1.165) is 22.1 Å². The van der Waals surface area contributed by atoms with Crippen molar-refractivity contribution in [2.24, 2.45) is 16.2 Å². The van der Waals surface area contributed by atoms with Crippen LogP contribution in [0.4, 0.5) is 0 Å². The van der Waals surface area contributed by atoms with Gasteiger partial charge in [-0.1, -0.05) is 86.8 Å². The first-order chi connectivity index (χ1) is 35.2. The quantitative estimate of drug-likeness (QED) is 0.145. The number of hydrogen-bond acceptors (Lipinski definition) is 17. The maximum atomic E-state index is 12.8. The Labute approximate surface area is 454 Å². The Balaban J connectivity index is 0.000000197. The molecule has 0 bridgehead atoms. The van der Waals surface area contributed by atoms with Gasteiger partial charge in [0.1, 0.15) is 0 Å². The van der Waals surface area contributed by atoms with Crippen molar-refractivity contribution in [1.82, 2.24) is 12.9 Å². The Morgan fingerprint density at radius 3 is 1.21 bits per heavy atom. The highest BCUT2D eigenvalue weighted by atomic mass is 79.9. The van der Waals surface area contributed by atoms with Crippen LogP contribution in [0.3, 0.4) is 0 Å². The van der Waals surface area contributed by atoms with E-state index in [-0.39, 0.29) is 34.4 Å². The van der Waals surface area contributed by atoms with E-state index in [4.69, 9.17) is 53.1 Å². The standard InChI is InChI=1S/C16H23BBrNO5S.C16H24BNO5S.C11H16BNO5S.C5H12O2/c1-16(2)11-23-17(24-12-16)15-4-3-14(9-13(15)10-18)25(20,21)19-5-7-22-8-6-19;1-13-10-14(24(19,20)18-6-8-21-9-7-18)4-5-15(13)17-22-11-16(2,3)12-23-17;1-9-8-10(2-3-11(9)12(14)15)19(16,17)13-4-6-18-7-5-13;1-5(2,3-6)4-7/h3-4,9H,5-8,10-12H2,1-2H3;4-5,10H,6-9,11-12H2,1-3H3;2-3,8,14-15H,4-7H2,1H3;6-7H,3-4H2,1-2H3. The number of aryl methyl sites for hydroxylation is 2. The van der Waals surface area contributed by atoms with E-state index in [1.807, 2.05) is 6.92 Å². The predicted molar refractivity (Wildman–Crippen MR) is 290 cm³/mol. The van der Waals surface area contributed by atoms with Gasteiger partial charge in [-0.2, -0.15) is 12.9 Å². The number of aliphatic hydroxyl groups excluding tert-OH is 2. The Hall–Kier alpha value is -2.38. The summed E-state index contributed by atoms with van der Waals surface area (Å²) in [6, 6.07) is 14.6. The fourth-order valence-corrected chi connectivity index (χ4v) is 12.8. The first-order valence-electron chi connectivity index (χ1n) is 24.9. The molecule has 5 fully saturated rings. The second-order valence-electron chi connectivity index (χ2n) is 21.2. The topological polar surface area (TPSA) is 258 Å². The number of alkyl halides is 1. The van der Waals surface area contributed by atoms with Crippen molar-refractivity contribution in [1.29, 1.82) is 0 Å². The van der Waals surface area contributed by atoms with Crippen LogP contribution >= 0.6 is 15.9 Å². The van der Waals surface area contributed by atoms with Crippen molar-refractivity contribution in [3.63, 3.8) is 0 Å². The van der Waals surface area contributed by atoms with Gasteiger partial charge in [-0.3, -0.25) is 0 Å². The van der Waals surface area contributed by atoms with Crippen molar-refractivity contribution in [2.75, 3.05) is 119 Å². The van der Waals surface area contributed by atoms with E-state index in [1.54, 1.807) is 57.2 Å². The largest absolute Gasteiger partial charge is 0.494 e. The lowest BCUT2D eigenvalue weighted by Crippen LogP contribution is -2.48. The van der Waals surface area contributed by atoms with E-state index >= 15 is 0 Å². The predicted octanol–water partition coefficient (Wildman–Crippen LogP) is 0.848. The molecular formula is C48H75B3BrN3O17S3. The molecule has 5 heterocycles. The number of ether oxygens (including phenoxy) is 3. The van der Waals surface area contributed by atoms with Gasteiger partial charge in [0.05, 0.1) is 67.5 Å². The van der Waals surface area contributed by atoms with Crippen LogP contribution in [0.2, 0.25) is 0 Å². The van der Waals surface area contributed by atoms with Gasteiger partial charge < -0.3 is 53.1 Å². The third kappa shape index (κ3) is 17.6. The minimum absolute atomic E-state index is 0.00399. The number of sulfonamides is 3. The van der Waals surface area contributed by atoms with Crippen LogP contribution in [0.25, 0.3) is 0 Å². The first-order valence-corrected chi connectivity index (χ1v) is 30.3. The van der Waals surface area contributed by atoms with Gasteiger partial charge in [-0.25, -0.2) is 25.3 Å². The molecule has 0 unspecified atom stereocenters. The smallest absolute Gasteiger partial charge is 0.423 e. The van der Waals surface area contributed by atoms with Crippen LogP contribution in [0.1, 0.15) is 58.2 Å². The van der Waals surface area contributed by atoms with Crippen molar-refractivity contribution < 1.29 is 78.3 Å². The number of aliphatic hydroxyl groups is 2. The first kappa shape index (κ1) is 63.5. The molecule has 8 rings (SSSR count). The molecule has 0 radical (unpaired) electrons. The third-order valence-electron chi connectivity index (χ3n) is 12.7. The van der Waals surface area contributed by atoms with Crippen molar-refractivity contribution in [2.45, 2.75) is 75.4 Å². The maximum Gasteiger partial charge on any atom is 0.494 e. The Morgan fingerprint density at radius 2 is 0.893 bits per heavy atom. The van der Waals surface area contributed by atoms with Crippen LogP contribution in [-0.2, 0) is 68.2 Å². The lowest BCUT2D eigenvalue weighted by molar-refractivity contribution is 0.0342. The summed E-state index contributed by atoms with van der Waals surface area (Å²) in [4.78, 5) is 0.766. The van der Waals surface area contributed by atoms with Gasteiger partial charge in [-0.05, 0) is 72.2 Å². The van der Waals surface area contributed by atoms with E-state index in [9.17, 15) is 25.3 Å². The zero-order chi connectivity index (χ0) is 55.4. The highest BCUT2D eigenvalue weighted by molar-refractivity contribution is 9.08. The molecule has 0 aromatic heterocycles. The zero-order valence-corrected chi connectivity index (χ0v) is 48.4. The Morgan fingerprint density at radius 1 is 0.560 bits per heavy atom. The molecule has 27 heteroatoms. The molecule has 4 N–H and O–H groups in total. The summed E-state index contributed by atoms with van der Waals surface area (Å²) in [6.45, 7) is 22.8. The molecule has 20 nitrogen and oxygen atoms in total. The lowest BCUT2D eigenvalue weighted by atomic mass is 9.73. The number of morpholine rings is 3. The fourth-order valence-electron chi connectivity index (χ4n) is 7.86. The number of nitrogens with zero attached hydrogens (tertiary/aromatic N) is 3. The van der Waals surface area contributed by atoms with Crippen LogP contribution in [0.15, 0.2) is 69.3 Å². The molecule has 0 spiro atoms. The van der Waals surface area contributed by atoms with Gasteiger partial charge in [-0.15, -0.1) is 0 Å². The van der Waals surface area contributed by atoms with Crippen molar-refractivity contribution in [3.8, 4) is 0 Å².